The number of hydrazine groups is 1. The molecule has 0 aliphatic heterocycles. The Morgan fingerprint density at radius 2 is 1.80 bits per heavy atom. The zero-order chi connectivity index (χ0) is 14.7. The number of hydrogen-bond acceptors (Lipinski definition) is 2. The molecule has 0 amide bonds. The lowest BCUT2D eigenvalue weighted by atomic mass is 9.98. The predicted molar refractivity (Wildman–Crippen MR) is 76.6 cm³/mol. The van der Waals surface area contributed by atoms with Crippen molar-refractivity contribution >= 4 is 23.2 Å². The van der Waals surface area contributed by atoms with Gasteiger partial charge in [-0.05, 0) is 24.1 Å². The highest BCUT2D eigenvalue weighted by Crippen LogP contribution is 2.30. The molecule has 2 rings (SSSR count). The second-order valence-electron chi connectivity index (χ2n) is 4.28. The summed E-state index contributed by atoms with van der Waals surface area (Å²) in [4.78, 5) is 0. The van der Waals surface area contributed by atoms with Crippen molar-refractivity contribution in [3.63, 3.8) is 0 Å². The first-order valence-electron chi connectivity index (χ1n) is 5.87. The Hall–Kier alpha value is -1.20. The molecule has 0 aromatic heterocycles. The highest BCUT2D eigenvalue weighted by molar-refractivity contribution is 6.42. The van der Waals surface area contributed by atoms with Gasteiger partial charge in [-0.3, -0.25) is 11.3 Å². The van der Waals surface area contributed by atoms with Crippen LogP contribution < -0.4 is 11.3 Å². The molecule has 0 radical (unpaired) electrons. The van der Waals surface area contributed by atoms with Gasteiger partial charge in [-0.2, -0.15) is 0 Å². The minimum atomic E-state index is -0.923. The van der Waals surface area contributed by atoms with Crippen molar-refractivity contribution in [2.45, 2.75) is 12.5 Å². The molecule has 2 aromatic rings. The standard InChI is InChI=1S/C14H12Cl2F2N2/c15-10-5-1-3-8(13(10)16)7-12(20-19)9-4-2-6-11(17)14(9)18/h1-6,12,20H,7,19H2. The van der Waals surface area contributed by atoms with E-state index in [-0.39, 0.29) is 12.0 Å². The van der Waals surface area contributed by atoms with Gasteiger partial charge in [0.1, 0.15) is 0 Å². The second-order valence-corrected chi connectivity index (χ2v) is 5.06. The third-order valence-corrected chi connectivity index (χ3v) is 3.87. The Bertz CT molecular complexity index is 620. The average molecular weight is 317 g/mol. The molecule has 0 bridgehead atoms. The maximum atomic E-state index is 13.8. The lowest BCUT2D eigenvalue weighted by Gasteiger charge is -2.18. The van der Waals surface area contributed by atoms with Crippen LogP contribution in [0.25, 0.3) is 0 Å². The van der Waals surface area contributed by atoms with E-state index in [1.54, 1.807) is 18.2 Å². The van der Waals surface area contributed by atoms with E-state index in [9.17, 15) is 8.78 Å². The van der Waals surface area contributed by atoms with E-state index < -0.39 is 17.7 Å². The van der Waals surface area contributed by atoms with Crippen LogP contribution >= 0.6 is 23.2 Å². The molecule has 1 unspecified atom stereocenters. The number of nitrogens with two attached hydrogens (primary N) is 1. The fraction of sp³-hybridized carbons (Fsp3) is 0.143. The lowest BCUT2D eigenvalue weighted by molar-refractivity contribution is 0.464. The highest BCUT2D eigenvalue weighted by Gasteiger charge is 2.19. The summed E-state index contributed by atoms with van der Waals surface area (Å²) in [7, 11) is 0. The van der Waals surface area contributed by atoms with E-state index in [1.807, 2.05) is 0 Å². The van der Waals surface area contributed by atoms with Crippen molar-refractivity contribution in [1.82, 2.24) is 5.43 Å². The highest BCUT2D eigenvalue weighted by atomic mass is 35.5. The van der Waals surface area contributed by atoms with Crippen molar-refractivity contribution in [3.05, 3.63) is 69.2 Å². The summed E-state index contributed by atoms with van der Waals surface area (Å²) in [5, 5.41) is 0.783. The number of halogens is 4. The van der Waals surface area contributed by atoms with E-state index in [1.165, 1.54) is 12.1 Å². The molecule has 2 aromatic carbocycles. The molecular weight excluding hydrogens is 305 g/mol. The van der Waals surface area contributed by atoms with Gasteiger partial charge in [-0.1, -0.05) is 47.5 Å². The SMILES string of the molecule is NNC(Cc1cccc(Cl)c1Cl)c1cccc(F)c1F. The zero-order valence-corrected chi connectivity index (χ0v) is 11.8. The van der Waals surface area contributed by atoms with Gasteiger partial charge in [0.05, 0.1) is 16.1 Å². The quantitative estimate of drug-likeness (QED) is 0.660. The third kappa shape index (κ3) is 3.10. The van der Waals surface area contributed by atoms with Crippen LogP contribution in [0.3, 0.4) is 0 Å². The summed E-state index contributed by atoms with van der Waals surface area (Å²) >= 11 is 12.0. The molecule has 0 heterocycles. The topological polar surface area (TPSA) is 38.0 Å². The molecule has 106 valence electrons. The Labute approximate surface area is 125 Å². The minimum absolute atomic E-state index is 0.142. The first-order valence-corrected chi connectivity index (χ1v) is 6.63. The van der Waals surface area contributed by atoms with Gasteiger partial charge in [0.2, 0.25) is 0 Å². The van der Waals surface area contributed by atoms with Gasteiger partial charge >= 0.3 is 0 Å². The summed E-state index contributed by atoms with van der Waals surface area (Å²) in [5.41, 5.74) is 3.32. The third-order valence-electron chi connectivity index (χ3n) is 3.01. The smallest absolute Gasteiger partial charge is 0.163 e. The minimum Gasteiger partial charge on any atom is -0.271 e. The Balaban J connectivity index is 2.34. The van der Waals surface area contributed by atoms with Crippen LogP contribution in [-0.2, 0) is 6.42 Å². The molecule has 1 atom stereocenters. The van der Waals surface area contributed by atoms with Crippen LogP contribution in [0.15, 0.2) is 36.4 Å². The number of rotatable bonds is 4. The molecule has 0 aliphatic carbocycles. The van der Waals surface area contributed by atoms with Crippen LogP contribution in [0.1, 0.15) is 17.2 Å². The first-order chi connectivity index (χ1) is 9.54. The number of benzene rings is 2. The lowest BCUT2D eigenvalue weighted by Crippen LogP contribution is -2.30. The molecule has 0 saturated carbocycles. The Morgan fingerprint density at radius 1 is 1.10 bits per heavy atom. The van der Waals surface area contributed by atoms with Crippen LogP contribution in [0.5, 0.6) is 0 Å². The monoisotopic (exact) mass is 316 g/mol. The van der Waals surface area contributed by atoms with Crippen molar-refractivity contribution in [3.8, 4) is 0 Å². The predicted octanol–water partition coefficient (Wildman–Crippen LogP) is 4.02. The van der Waals surface area contributed by atoms with E-state index in [0.29, 0.717) is 15.6 Å². The molecule has 6 heteroatoms. The molecular formula is C14H12Cl2F2N2. The zero-order valence-electron chi connectivity index (χ0n) is 10.3. The van der Waals surface area contributed by atoms with Gasteiger partial charge in [0.25, 0.3) is 0 Å². The molecule has 0 spiro atoms. The molecule has 20 heavy (non-hydrogen) atoms. The van der Waals surface area contributed by atoms with E-state index in [0.717, 1.165) is 6.07 Å². The summed E-state index contributed by atoms with van der Waals surface area (Å²) < 4.78 is 27.1. The van der Waals surface area contributed by atoms with Crippen molar-refractivity contribution in [2.75, 3.05) is 0 Å². The van der Waals surface area contributed by atoms with Crippen molar-refractivity contribution in [1.29, 1.82) is 0 Å². The van der Waals surface area contributed by atoms with Gasteiger partial charge in [0, 0.05) is 5.56 Å². The van der Waals surface area contributed by atoms with Crippen molar-refractivity contribution < 1.29 is 8.78 Å². The first kappa shape index (κ1) is 15.2. The Kier molecular flexibility index (Phi) is 4.94. The summed E-state index contributed by atoms with van der Waals surface area (Å²) in [6.45, 7) is 0. The van der Waals surface area contributed by atoms with E-state index in [4.69, 9.17) is 29.0 Å². The van der Waals surface area contributed by atoms with E-state index >= 15 is 0 Å². The van der Waals surface area contributed by atoms with E-state index in [2.05, 4.69) is 5.43 Å². The van der Waals surface area contributed by atoms with Crippen molar-refractivity contribution in [2.24, 2.45) is 5.84 Å². The molecule has 0 aliphatic rings. The van der Waals surface area contributed by atoms with Crippen LogP contribution in [0.4, 0.5) is 8.78 Å². The van der Waals surface area contributed by atoms with Gasteiger partial charge < -0.3 is 0 Å². The fourth-order valence-corrected chi connectivity index (χ4v) is 2.37. The largest absolute Gasteiger partial charge is 0.271 e. The summed E-state index contributed by atoms with van der Waals surface area (Å²) in [6.07, 6.45) is 0.288. The second kappa shape index (κ2) is 6.50. The average Bonchev–Trinajstić information content (AvgIpc) is 2.44. The maximum Gasteiger partial charge on any atom is 0.163 e. The summed E-state index contributed by atoms with van der Waals surface area (Å²) in [5.74, 6) is 3.61. The maximum absolute atomic E-state index is 13.8. The van der Waals surface area contributed by atoms with Gasteiger partial charge in [-0.15, -0.1) is 0 Å². The molecule has 0 saturated heterocycles. The Morgan fingerprint density at radius 3 is 2.50 bits per heavy atom. The number of hydrogen-bond donors (Lipinski definition) is 2. The van der Waals surface area contributed by atoms with Gasteiger partial charge in [-0.25, -0.2) is 8.78 Å². The summed E-state index contributed by atoms with van der Waals surface area (Å²) in [6, 6.07) is 8.50. The molecule has 3 N–H and O–H groups in total. The van der Waals surface area contributed by atoms with Gasteiger partial charge in [0.15, 0.2) is 11.6 Å². The van der Waals surface area contributed by atoms with Crippen LogP contribution in [0, 0.1) is 11.6 Å². The molecule has 0 fully saturated rings. The normalized spacial score (nSPS) is 12.4. The van der Waals surface area contributed by atoms with Crippen LogP contribution in [0.2, 0.25) is 10.0 Å². The van der Waals surface area contributed by atoms with Crippen LogP contribution in [-0.4, -0.2) is 0 Å². The molecule has 2 nitrogen and oxygen atoms in total. The number of nitrogens with one attached hydrogen (secondary N) is 1. The fourth-order valence-electron chi connectivity index (χ4n) is 1.97.